The molecule has 4 unspecified atom stereocenters. The van der Waals surface area contributed by atoms with Crippen LogP contribution < -0.4 is 0 Å². The van der Waals surface area contributed by atoms with E-state index in [-0.39, 0.29) is 35.7 Å². The van der Waals surface area contributed by atoms with E-state index >= 15 is 0 Å². The minimum absolute atomic E-state index is 0.0180. The van der Waals surface area contributed by atoms with E-state index in [1.165, 1.54) is 0 Å². The van der Waals surface area contributed by atoms with Crippen LogP contribution in [-0.4, -0.2) is 39.6 Å². The first-order valence-electron chi connectivity index (χ1n) is 9.11. The Kier molecular flexibility index (Phi) is 4.24. The van der Waals surface area contributed by atoms with Crippen molar-refractivity contribution in [2.45, 2.75) is 59.5 Å². The SMILES string of the molecule is CC(CO)C1=C(O)C2=C(C(=O)C1=O)C1(C)CCCC(C)(C)C1C(O)C2. The van der Waals surface area contributed by atoms with Gasteiger partial charge in [0.1, 0.15) is 5.76 Å². The van der Waals surface area contributed by atoms with Crippen molar-refractivity contribution >= 4 is 11.6 Å². The second-order valence-electron chi connectivity index (χ2n) is 8.87. The van der Waals surface area contributed by atoms with Crippen LogP contribution in [0, 0.1) is 22.7 Å². The summed E-state index contributed by atoms with van der Waals surface area (Å²) in [5.74, 6) is -2.23. The van der Waals surface area contributed by atoms with E-state index in [1.54, 1.807) is 6.92 Å². The third-order valence-electron chi connectivity index (χ3n) is 6.70. The summed E-state index contributed by atoms with van der Waals surface area (Å²) in [6.45, 7) is 7.45. The zero-order valence-electron chi connectivity index (χ0n) is 15.4. The van der Waals surface area contributed by atoms with Crippen LogP contribution in [-0.2, 0) is 9.59 Å². The molecular weight excluding hydrogens is 320 g/mol. The molecular formula is C20H28O5. The van der Waals surface area contributed by atoms with E-state index in [9.17, 15) is 24.9 Å². The Morgan fingerprint density at radius 3 is 2.40 bits per heavy atom. The monoisotopic (exact) mass is 348 g/mol. The maximum Gasteiger partial charge on any atom is 0.233 e. The molecule has 0 amide bonds. The van der Waals surface area contributed by atoms with E-state index in [4.69, 9.17) is 0 Å². The van der Waals surface area contributed by atoms with Crippen LogP contribution in [0.25, 0.3) is 0 Å². The number of carbonyl (C=O) groups excluding carboxylic acids is 2. The van der Waals surface area contributed by atoms with Gasteiger partial charge in [0, 0.05) is 35.5 Å². The van der Waals surface area contributed by atoms with Crippen molar-refractivity contribution in [1.82, 2.24) is 0 Å². The Balaban J connectivity index is 2.24. The molecule has 1 saturated carbocycles. The molecule has 3 aliphatic carbocycles. The number of ketones is 2. The summed E-state index contributed by atoms with van der Waals surface area (Å²) in [6, 6.07) is 0. The van der Waals surface area contributed by atoms with Crippen molar-refractivity contribution in [2.24, 2.45) is 22.7 Å². The molecule has 25 heavy (non-hydrogen) atoms. The standard InChI is InChI=1S/C20H28O5/c1-10(9-21)13-15(23)11-8-12(22)18-19(2,3)6-5-7-20(18,4)14(11)17(25)16(13)24/h10,12,18,21-23H,5-9H2,1-4H3. The van der Waals surface area contributed by atoms with Crippen molar-refractivity contribution in [3.63, 3.8) is 0 Å². The molecule has 138 valence electrons. The highest BCUT2D eigenvalue weighted by Gasteiger charge is 2.58. The van der Waals surface area contributed by atoms with Crippen LogP contribution in [0.3, 0.4) is 0 Å². The zero-order valence-corrected chi connectivity index (χ0v) is 15.4. The van der Waals surface area contributed by atoms with Gasteiger partial charge < -0.3 is 15.3 Å². The summed E-state index contributed by atoms with van der Waals surface area (Å²) in [4.78, 5) is 25.7. The van der Waals surface area contributed by atoms with Gasteiger partial charge in [-0.1, -0.05) is 34.1 Å². The number of Topliss-reactive ketones (excluding diaryl/α,β-unsaturated/α-hetero) is 2. The fraction of sp³-hybridized carbons (Fsp3) is 0.700. The van der Waals surface area contributed by atoms with Gasteiger partial charge in [-0.3, -0.25) is 9.59 Å². The number of fused-ring (bicyclic) bond motifs is 2. The molecule has 5 heteroatoms. The number of hydrogen-bond acceptors (Lipinski definition) is 5. The quantitative estimate of drug-likeness (QED) is 0.526. The van der Waals surface area contributed by atoms with Gasteiger partial charge in [-0.25, -0.2) is 0 Å². The fourth-order valence-electron chi connectivity index (χ4n) is 5.75. The van der Waals surface area contributed by atoms with Gasteiger partial charge in [0.05, 0.1) is 11.7 Å². The summed E-state index contributed by atoms with van der Waals surface area (Å²) < 4.78 is 0. The minimum atomic E-state index is -0.711. The first-order valence-corrected chi connectivity index (χ1v) is 9.11. The summed E-state index contributed by atoms with van der Waals surface area (Å²) in [5, 5.41) is 31.0. The number of rotatable bonds is 2. The summed E-state index contributed by atoms with van der Waals surface area (Å²) >= 11 is 0. The Morgan fingerprint density at radius 1 is 1.16 bits per heavy atom. The number of carbonyl (C=O) groups is 2. The molecule has 0 aliphatic heterocycles. The number of aliphatic hydroxyl groups excluding tert-OH is 3. The highest BCUT2D eigenvalue weighted by atomic mass is 16.3. The lowest BCUT2D eigenvalue weighted by Crippen LogP contribution is -2.55. The predicted molar refractivity (Wildman–Crippen MR) is 92.8 cm³/mol. The van der Waals surface area contributed by atoms with E-state index in [1.807, 2.05) is 6.92 Å². The lowest BCUT2D eigenvalue weighted by atomic mass is 9.48. The topological polar surface area (TPSA) is 94.8 Å². The minimum Gasteiger partial charge on any atom is -0.507 e. The maximum absolute atomic E-state index is 13.0. The number of hydrogen-bond donors (Lipinski definition) is 3. The van der Waals surface area contributed by atoms with Crippen LogP contribution in [0.15, 0.2) is 22.5 Å². The van der Waals surface area contributed by atoms with E-state index in [0.717, 1.165) is 12.8 Å². The van der Waals surface area contributed by atoms with Gasteiger partial charge >= 0.3 is 0 Å². The van der Waals surface area contributed by atoms with Gasteiger partial charge in [0.25, 0.3) is 0 Å². The van der Waals surface area contributed by atoms with Crippen LogP contribution in [0.1, 0.15) is 53.4 Å². The molecule has 1 fully saturated rings. The third-order valence-corrected chi connectivity index (χ3v) is 6.70. The van der Waals surface area contributed by atoms with Crippen LogP contribution in [0.5, 0.6) is 0 Å². The first-order chi connectivity index (χ1) is 11.6. The van der Waals surface area contributed by atoms with Gasteiger partial charge in [0.15, 0.2) is 0 Å². The average molecular weight is 348 g/mol. The van der Waals surface area contributed by atoms with Gasteiger partial charge in [-0.15, -0.1) is 0 Å². The molecule has 5 nitrogen and oxygen atoms in total. The molecule has 0 bridgehead atoms. The molecule has 4 atom stereocenters. The normalized spacial score (nSPS) is 36.2. The molecule has 0 aromatic carbocycles. The first kappa shape index (κ1) is 18.3. The average Bonchev–Trinajstić information content (AvgIpc) is 2.50. The summed E-state index contributed by atoms with van der Waals surface area (Å²) in [6.07, 6.45) is 2.09. The Bertz CT molecular complexity index is 699. The molecule has 3 aliphatic rings. The van der Waals surface area contributed by atoms with Gasteiger partial charge in [-0.2, -0.15) is 0 Å². The van der Waals surface area contributed by atoms with Crippen molar-refractivity contribution in [3.05, 3.63) is 22.5 Å². The summed E-state index contributed by atoms with van der Waals surface area (Å²) in [5.41, 5.74) is 0.0156. The van der Waals surface area contributed by atoms with Crippen molar-refractivity contribution in [1.29, 1.82) is 0 Å². The molecule has 0 aromatic rings. The zero-order chi connectivity index (χ0) is 18.7. The number of allylic oxidation sites excluding steroid dienone is 2. The highest BCUT2D eigenvalue weighted by molar-refractivity contribution is 6.50. The van der Waals surface area contributed by atoms with Crippen molar-refractivity contribution in [2.75, 3.05) is 6.61 Å². The smallest absolute Gasteiger partial charge is 0.233 e. The maximum atomic E-state index is 13.0. The van der Waals surface area contributed by atoms with E-state index < -0.39 is 29.0 Å². The van der Waals surface area contributed by atoms with Crippen LogP contribution in [0.4, 0.5) is 0 Å². The van der Waals surface area contributed by atoms with Crippen molar-refractivity contribution in [3.8, 4) is 0 Å². The lowest BCUT2D eigenvalue weighted by Gasteiger charge is -2.56. The Hall–Kier alpha value is -1.46. The molecule has 0 radical (unpaired) electrons. The Morgan fingerprint density at radius 2 is 1.80 bits per heavy atom. The highest BCUT2D eigenvalue weighted by Crippen LogP contribution is 2.61. The molecule has 0 heterocycles. The van der Waals surface area contributed by atoms with Crippen molar-refractivity contribution < 1.29 is 24.9 Å². The molecule has 3 rings (SSSR count). The van der Waals surface area contributed by atoms with Gasteiger partial charge in [-0.05, 0) is 24.2 Å². The van der Waals surface area contributed by atoms with Crippen LogP contribution in [0.2, 0.25) is 0 Å². The Labute approximate surface area is 148 Å². The van der Waals surface area contributed by atoms with Gasteiger partial charge in [0.2, 0.25) is 11.6 Å². The molecule has 0 saturated heterocycles. The lowest BCUT2D eigenvalue weighted by molar-refractivity contribution is -0.136. The number of aliphatic hydroxyl groups is 3. The predicted octanol–water partition coefficient (Wildman–Crippen LogP) is 2.47. The molecule has 0 aromatic heterocycles. The van der Waals surface area contributed by atoms with E-state index in [0.29, 0.717) is 17.6 Å². The second-order valence-corrected chi connectivity index (χ2v) is 8.87. The second kappa shape index (κ2) is 5.78. The molecule has 3 N–H and O–H groups in total. The fourth-order valence-corrected chi connectivity index (χ4v) is 5.75. The third kappa shape index (κ3) is 2.43. The molecule has 0 spiro atoms. The largest absolute Gasteiger partial charge is 0.507 e. The van der Waals surface area contributed by atoms with Crippen LogP contribution >= 0.6 is 0 Å². The van der Waals surface area contributed by atoms with E-state index in [2.05, 4.69) is 13.8 Å². The summed E-state index contributed by atoms with van der Waals surface area (Å²) in [7, 11) is 0.